The molecule has 1 aliphatic rings. The molecule has 1 aromatic rings. The highest BCUT2D eigenvalue weighted by Gasteiger charge is 2.44. The van der Waals surface area contributed by atoms with Gasteiger partial charge in [0, 0.05) is 32.7 Å². The average Bonchev–Trinajstić information content (AvgIpc) is 2.57. The van der Waals surface area contributed by atoms with E-state index in [-0.39, 0.29) is 36.3 Å². The van der Waals surface area contributed by atoms with Gasteiger partial charge in [0.05, 0.1) is 5.02 Å². The largest absolute Gasteiger partial charge is 0.479 e. The number of nitrogens with zero attached hydrogens (tertiary/aromatic N) is 1. The van der Waals surface area contributed by atoms with Crippen LogP contribution in [0.2, 0.25) is 5.02 Å². The summed E-state index contributed by atoms with van der Waals surface area (Å²) in [6, 6.07) is 1.61. The lowest BCUT2D eigenvalue weighted by atomic mass is 10.2. The van der Waals surface area contributed by atoms with E-state index >= 15 is 0 Å². The standard InChI is InChI=1S/C16H20ClF4N3O2.ClH/c1-10(26-13-3-2-11(18)8-12(13)17)15(25)23-9-14(16(19,20)21)24-6-4-22-5-7-24;/h2-3,8,10,14,22H,4-7,9H2,1H3,(H,23,25);1H. The van der Waals surface area contributed by atoms with Crippen LogP contribution in [0.25, 0.3) is 0 Å². The minimum absolute atomic E-state index is 0. The first-order chi connectivity index (χ1) is 12.2. The SMILES string of the molecule is CC(Oc1ccc(F)cc1Cl)C(=O)NCC(N1CCNCC1)C(F)(F)F.Cl. The first-order valence-electron chi connectivity index (χ1n) is 8.09. The summed E-state index contributed by atoms with van der Waals surface area (Å²) in [7, 11) is 0. The fourth-order valence-corrected chi connectivity index (χ4v) is 2.81. The number of carbonyl (C=O) groups excluding carboxylic acids is 1. The molecule has 1 aromatic carbocycles. The van der Waals surface area contributed by atoms with Crippen molar-refractivity contribution in [2.75, 3.05) is 32.7 Å². The van der Waals surface area contributed by atoms with Crippen LogP contribution in [0.1, 0.15) is 6.92 Å². The minimum Gasteiger partial charge on any atom is -0.479 e. The number of amides is 1. The Bertz CT molecular complexity index is 628. The molecule has 27 heavy (non-hydrogen) atoms. The molecule has 154 valence electrons. The van der Waals surface area contributed by atoms with Gasteiger partial charge in [0.2, 0.25) is 0 Å². The van der Waals surface area contributed by atoms with Crippen molar-refractivity contribution >= 4 is 29.9 Å². The fraction of sp³-hybridized carbons (Fsp3) is 0.562. The quantitative estimate of drug-likeness (QED) is 0.677. The summed E-state index contributed by atoms with van der Waals surface area (Å²) in [5, 5.41) is 5.23. The normalized spacial score (nSPS) is 17.6. The van der Waals surface area contributed by atoms with Crippen LogP contribution in [0.15, 0.2) is 18.2 Å². The number of nitrogens with one attached hydrogen (secondary N) is 2. The Morgan fingerprint density at radius 2 is 2.00 bits per heavy atom. The van der Waals surface area contributed by atoms with Crippen molar-refractivity contribution in [3.63, 3.8) is 0 Å². The lowest BCUT2D eigenvalue weighted by Gasteiger charge is -2.36. The van der Waals surface area contributed by atoms with Crippen molar-refractivity contribution in [2.45, 2.75) is 25.2 Å². The maximum absolute atomic E-state index is 13.3. The van der Waals surface area contributed by atoms with Crippen LogP contribution in [-0.2, 0) is 4.79 Å². The summed E-state index contributed by atoms with van der Waals surface area (Å²) in [4.78, 5) is 13.4. The maximum atomic E-state index is 13.3. The smallest absolute Gasteiger partial charge is 0.405 e. The van der Waals surface area contributed by atoms with Crippen molar-refractivity contribution in [1.29, 1.82) is 0 Å². The monoisotopic (exact) mass is 433 g/mol. The lowest BCUT2D eigenvalue weighted by molar-refractivity contribution is -0.184. The average molecular weight is 434 g/mol. The number of piperazine rings is 1. The third-order valence-electron chi connectivity index (χ3n) is 4.01. The van der Waals surface area contributed by atoms with Gasteiger partial charge in [0.15, 0.2) is 6.10 Å². The number of ether oxygens (including phenoxy) is 1. The highest BCUT2D eigenvalue weighted by Crippen LogP contribution is 2.26. The molecule has 0 saturated carbocycles. The second-order valence-electron chi connectivity index (χ2n) is 5.92. The molecule has 2 unspecified atom stereocenters. The zero-order valence-electron chi connectivity index (χ0n) is 14.5. The van der Waals surface area contributed by atoms with Crippen molar-refractivity contribution in [2.24, 2.45) is 0 Å². The first-order valence-corrected chi connectivity index (χ1v) is 8.47. The van der Waals surface area contributed by atoms with E-state index < -0.39 is 36.6 Å². The van der Waals surface area contributed by atoms with Crippen LogP contribution >= 0.6 is 24.0 Å². The Kier molecular flexibility index (Phi) is 9.07. The van der Waals surface area contributed by atoms with E-state index in [4.69, 9.17) is 16.3 Å². The Labute approximate surface area is 165 Å². The number of rotatable bonds is 6. The van der Waals surface area contributed by atoms with Crippen LogP contribution < -0.4 is 15.4 Å². The highest BCUT2D eigenvalue weighted by atomic mass is 35.5. The fourth-order valence-electron chi connectivity index (χ4n) is 2.60. The molecule has 0 aliphatic carbocycles. The zero-order chi connectivity index (χ0) is 19.3. The molecule has 11 heteroatoms. The van der Waals surface area contributed by atoms with E-state index in [2.05, 4.69) is 10.6 Å². The van der Waals surface area contributed by atoms with Gasteiger partial charge in [-0.1, -0.05) is 11.6 Å². The molecule has 0 radical (unpaired) electrons. The Morgan fingerprint density at radius 1 is 1.37 bits per heavy atom. The molecular weight excluding hydrogens is 413 g/mol. The number of alkyl halides is 3. The van der Waals surface area contributed by atoms with Gasteiger partial charge < -0.3 is 15.4 Å². The third kappa shape index (κ3) is 6.99. The van der Waals surface area contributed by atoms with Crippen LogP contribution in [0.5, 0.6) is 5.75 Å². The molecule has 2 atom stereocenters. The van der Waals surface area contributed by atoms with Gasteiger partial charge in [-0.15, -0.1) is 12.4 Å². The van der Waals surface area contributed by atoms with Crippen LogP contribution in [0.4, 0.5) is 17.6 Å². The van der Waals surface area contributed by atoms with Gasteiger partial charge >= 0.3 is 6.18 Å². The molecule has 1 fully saturated rings. The van der Waals surface area contributed by atoms with Gasteiger partial charge in [0.1, 0.15) is 17.6 Å². The van der Waals surface area contributed by atoms with Crippen molar-refractivity contribution in [3.05, 3.63) is 29.0 Å². The number of hydrogen-bond donors (Lipinski definition) is 2. The van der Waals surface area contributed by atoms with Gasteiger partial charge in [-0.3, -0.25) is 9.69 Å². The van der Waals surface area contributed by atoms with E-state index in [0.717, 1.165) is 12.1 Å². The molecule has 1 heterocycles. The van der Waals surface area contributed by atoms with E-state index in [1.165, 1.54) is 17.9 Å². The number of halogens is 6. The second kappa shape index (κ2) is 10.3. The predicted octanol–water partition coefficient (Wildman–Crippen LogP) is 2.62. The van der Waals surface area contributed by atoms with Crippen LogP contribution in [-0.4, -0.2) is 61.9 Å². The molecule has 2 rings (SSSR count). The van der Waals surface area contributed by atoms with E-state index in [1.807, 2.05) is 0 Å². The first kappa shape index (κ1) is 23.7. The third-order valence-corrected chi connectivity index (χ3v) is 4.30. The van der Waals surface area contributed by atoms with Gasteiger partial charge in [0.25, 0.3) is 5.91 Å². The topological polar surface area (TPSA) is 53.6 Å². The van der Waals surface area contributed by atoms with E-state index in [9.17, 15) is 22.4 Å². The summed E-state index contributed by atoms with van der Waals surface area (Å²) in [6.07, 6.45) is -5.55. The van der Waals surface area contributed by atoms with Gasteiger partial charge in [-0.05, 0) is 25.1 Å². The Morgan fingerprint density at radius 3 is 2.56 bits per heavy atom. The molecule has 0 spiro atoms. The summed E-state index contributed by atoms with van der Waals surface area (Å²) in [6.45, 7) is 2.22. The number of hydrogen-bond acceptors (Lipinski definition) is 4. The second-order valence-corrected chi connectivity index (χ2v) is 6.33. The molecule has 1 aliphatic heterocycles. The van der Waals surface area contributed by atoms with Gasteiger partial charge in [-0.25, -0.2) is 4.39 Å². The van der Waals surface area contributed by atoms with Crippen molar-refractivity contribution < 1.29 is 27.1 Å². The predicted molar refractivity (Wildman–Crippen MR) is 96.0 cm³/mol. The van der Waals surface area contributed by atoms with Gasteiger partial charge in [-0.2, -0.15) is 13.2 Å². The molecular formula is C16H21Cl2F4N3O2. The van der Waals surface area contributed by atoms with E-state index in [0.29, 0.717) is 13.1 Å². The van der Waals surface area contributed by atoms with Crippen LogP contribution in [0.3, 0.4) is 0 Å². The summed E-state index contributed by atoms with van der Waals surface area (Å²) in [5.41, 5.74) is 0. The number of benzene rings is 1. The molecule has 1 saturated heterocycles. The van der Waals surface area contributed by atoms with Crippen molar-refractivity contribution in [3.8, 4) is 5.75 Å². The zero-order valence-corrected chi connectivity index (χ0v) is 16.1. The summed E-state index contributed by atoms with van der Waals surface area (Å²) < 4.78 is 58.2. The van der Waals surface area contributed by atoms with E-state index in [1.54, 1.807) is 0 Å². The molecule has 0 aromatic heterocycles. The molecule has 1 amide bonds. The Balaban J connectivity index is 0.00000364. The van der Waals surface area contributed by atoms with Crippen LogP contribution in [0, 0.1) is 5.82 Å². The van der Waals surface area contributed by atoms with Crippen molar-refractivity contribution in [1.82, 2.24) is 15.5 Å². The minimum atomic E-state index is -4.46. The molecule has 5 nitrogen and oxygen atoms in total. The molecule has 2 N–H and O–H groups in total. The summed E-state index contributed by atoms with van der Waals surface area (Å²) >= 11 is 5.81. The number of carbonyl (C=O) groups is 1. The lowest BCUT2D eigenvalue weighted by Crippen LogP contribution is -2.58. The molecule has 0 bridgehead atoms. The highest BCUT2D eigenvalue weighted by molar-refractivity contribution is 6.32. The maximum Gasteiger partial charge on any atom is 0.405 e. The Hall–Kier alpha value is -1.29. The summed E-state index contributed by atoms with van der Waals surface area (Å²) in [5.74, 6) is -1.21.